The summed E-state index contributed by atoms with van der Waals surface area (Å²) in [6, 6.07) is 8.45. The summed E-state index contributed by atoms with van der Waals surface area (Å²) in [5.41, 5.74) is -2.25. The van der Waals surface area contributed by atoms with Crippen molar-refractivity contribution in [2.75, 3.05) is 23.3 Å². The van der Waals surface area contributed by atoms with Gasteiger partial charge in [-0.15, -0.1) is 8.78 Å². The average molecular weight is 468 g/mol. The van der Waals surface area contributed by atoms with Crippen molar-refractivity contribution < 1.29 is 27.8 Å². The number of halogens is 4. The molecular weight excluding hydrogens is 451 g/mol. The Labute approximate surface area is 185 Å². The number of H-pyrrole nitrogens is 1. The first-order valence-electron chi connectivity index (χ1n) is 9.43. The number of rotatable bonds is 6. The highest BCUT2D eigenvalue weighted by Gasteiger charge is 2.33. The third-order valence-electron chi connectivity index (χ3n) is 4.78. The maximum Gasteiger partial charge on any atom is 0.487 e. The maximum atomic E-state index is 13.8. The van der Waals surface area contributed by atoms with Gasteiger partial charge in [0.25, 0.3) is 5.91 Å². The van der Waals surface area contributed by atoms with Crippen LogP contribution in [0.15, 0.2) is 48.8 Å². The number of aromatic amines is 1. The molecule has 8 nitrogen and oxygen atoms in total. The molecule has 0 saturated carbocycles. The fraction of sp³-hybridized carbons (Fsp3) is 0.250. The molecule has 2 aromatic heterocycles. The minimum Gasteiger partial charge on any atom is -0.420 e. The number of carbonyl (C=O) groups is 1. The normalized spacial score (nSPS) is 18.6. The Morgan fingerprint density at radius 2 is 2.03 bits per heavy atom. The third-order valence-corrected chi connectivity index (χ3v) is 4.86. The molecule has 0 spiro atoms. The van der Waals surface area contributed by atoms with Gasteiger partial charge in [0.2, 0.25) is 0 Å². The van der Waals surface area contributed by atoms with Crippen molar-refractivity contribution >= 4 is 29.0 Å². The van der Waals surface area contributed by atoms with Crippen LogP contribution in [0.4, 0.5) is 24.7 Å². The van der Waals surface area contributed by atoms with Gasteiger partial charge in [0, 0.05) is 41.8 Å². The van der Waals surface area contributed by atoms with Crippen LogP contribution in [0.2, 0.25) is 0 Å². The van der Waals surface area contributed by atoms with Crippen molar-refractivity contribution in [3.8, 4) is 17.0 Å². The van der Waals surface area contributed by atoms with Crippen molar-refractivity contribution in [1.82, 2.24) is 15.2 Å². The molecule has 1 fully saturated rings. The number of nitrogens with one attached hydrogen (secondary N) is 2. The molecule has 12 heteroatoms. The third kappa shape index (κ3) is 4.94. The number of ether oxygens (including phenoxy) is 1. The molecule has 3 heterocycles. The Morgan fingerprint density at radius 1 is 1.28 bits per heavy atom. The molecule has 1 aliphatic rings. The van der Waals surface area contributed by atoms with Crippen molar-refractivity contribution in [3.05, 3.63) is 54.4 Å². The van der Waals surface area contributed by atoms with Gasteiger partial charge in [-0.25, -0.2) is 9.37 Å². The van der Waals surface area contributed by atoms with Gasteiger partial charge in [0.05, 0.1) is 17.8 Å². The first-order valence-corrected chi connectivity index (χ1v) is 9.81. The summed E-state index contributed by atoms with van der Waals surface area (Å²) in [6.07, 6.45) is 0.324. The molecule has 3 aromatic rings. The zero-order chi connectivity index (χ0) is 22.9. The smallest absolute Gasteiger partial charge is 0.420 e. The van der Waals surface area contributed by atoms with E-state index in [4.69, 9.17) is 11.6 Å². The van der Waals surface area contributed by atoms with Crippen LogP contribution >= 0.6 is 11.6 Å². The summed E-state index contributed by atoms with van der Waals surface area (Å²) < 4.78 is 43.5. The molecule has 3 N–H and O–H groups in total. The van der Waals surface area contributed by atoms with E-state index in [9.17, 15) is 23.1 Å². The number of aromatic nitrogens is 3. The number of benzene rings is 1. The minimum atomic E-state index is -3.84. The Morgan fingerprint density at radius 3 is 2.62 bits per heavy atom. The van der Waals surface area contributed by atoms with Crippen LogP contribution in [0.5, 0.6) is 5.75 Å². The molecule has 32 heavy (non-hydrogen) atoms. The summed E-state index contributed by atoms with van der Waals surface area (Å²) in [6.45, 7) is 0.0349. The molecule has 168 valence electrons. The number of alkyl halides is 4. The van der Waals surface area contributed by atoms with Gasteiger partial charge in [-0.3, -0.25) is 9.89 Å². The number of hydrogen-bond acceptors (Lipinski definition) is 6. The van der Waals surface area contributed by atoms with E-state index in [0.29, 0.717) is 22.8 Å². The molecule has 1 aliphatic heterocycles. The first-order chi connectivity index (χ1) is 15.2. The lowest BCUT2D eigenvalue weighted by Crippen LogP contribution is -2.23. The van der Waals surface area contributed by atoms with E-state index < -0.39 is 23.8 Å². The van der Waals surface area contributed by atoms with Crippen LogP contribution in [-0.2, 0) is 0 Å². The zero-order valence-electron chi connectivity index (χ0n) is 16.3. The topological polar surface area (TPSA) is 103 Å². The van der Waals surface area contributed by atoms with Crippen molar-refractivity contribution in [2.24, 2.45) is 0 Å². The molecule has 4 rings (SSSR count). The number of nitrogens with zero attached hydrogens (tertiary/aromatic N) is 3. The van der Waals surface area contributed by atoms with Gasteiger partial charge in [0.1, 0.15) is 23.8 Å². The molecule has 2 atom stereocenters. The molecule has 0 unspecified atom stereocenters. The summed E-state index contributed by atoms with van der Waals surface area (Å²) >= 11 is 4.73. The summed E-state index contributed by atoms with van der Waals surface area (Å²) in [5, 5.41) is 19.1. The fourth-order valence-corrected chi connectivity index (χ4v) is 3.39. The summed E-state index contributed by atoms with van der Waals surface area (Å²) in [7, 11) is 0. The summed E-state index contributed by atoms with van der Waals surface area (Å²) in [4.78, 5) is 18.6. The van der Waals surface area contributed by atoms with Gasteiger partial charge in [-0.2, -0.15) is 5.10 Å². The molecule has 1 aromatic carbocycles. The lowest BCUT2D eigenvalue weighted by Gasteiger charge is -2.20. The van der Waals surface area contributed by atoms with E-state index in [1.54, 1.807) is 17.0 Å². The van der Waals surface area contributed by atoms with Gasteiger partial charge in [-0.1, -0.05) is 0 Å². The molecular formula is C20H17ClF3N5O3. The predicted molar refractivity (Wildman–Crippen MR) is 111 cm³/mol. The number of β-amino-alcohol motifs (C(OH)–C–C–N with tert-alkyl or cyclic N) is 1. The van der Waals surface area contributed by atoms with Gasteiger partial charge >= 0.3 is 5.57 Å². The van der Waals surface area contributed by atoms with Gasteiger partial charge in [-0.05, 0) is 36.4 Å². The van der Waals surface area contributed by atoms with Crippen LogP contribution in [0.3, 0.4) is 0 Å². The SMILES string of the molecule is O=C(Nc1ccc(OC(F)(F)Cl)cc1)c1cnc(N2C[C@H](O)[C@@H](F)C2)c(-c2ccn[nH]2)c1. The van der Waals surface area contributed by atoms with Gasteiger partial charge in [0.15, 0.2) is 0 Å². The number of aliphatic hydroxyl groups excluding tert-OH is 1. The highest BCUT2D eigenvalue weighted by molar-refractivity contribution is 6.20. The van der Waals surface area contributed by atoms with Crippen molar-refractivity contribution in [2.45, 2.75) is 17.8 Å². The van der Waals surface area contributed by atoms with Crippen LogP contribution in [0.25, 0.3) is 11.3 Å². The van der Waals surface area contributed by atoms with E-state index in [1.165, 1.54) is 36.7 Å². The average Bonchev–Trinajstić information content (AvgIpc) is 3.38. The lowest BCUT2D eigenvalue weighted by molar-refractivity contribution is -0.0964. The minimum absolute atomic E-state index is 0.0311. The molecule has 1 saturated heterocycles. The number of anilines is 2. The molecule has 0 bridgehead atoms. The Kier molecular flexibility index (Phi) is 5.94. The molecule has 0 aliphatic carbocycles. The predicted octanol–water partition coefficient (Wildman–Crippen LogP) is 3.41. The fourth-order valence-electron chi connectivity index (χ4n) is 3.30. The number of hydrogen-bond donors (Lipinski definition) is 3. The van der Waals surface area contributed by atoms with Crippen molar-refractivity contribution in [1.29, 1.82) is 0 Å². The largest absolute Gasteiger partial charge is 0.487 e. The van der Waals surface area contributed by atoms with Crippen LogP contribution < -0.4 is 15.0 Å². The van der Waals surface area contributed by atoms with E-state index in [-0.39, 0.29) is 24.4 Å². The molecule has 0 radical (unpaired) electrons. The second kappa shape index (κ2) is 8.67. The Bertz CT molecular complexity index is 1080. The maximum absolute atomic E-state index is 13.8. The van der Waals surface area contributed by atoms with Crippen LogP contribution in [0, 0.1) is 0 Å². The quantitative estimate of drug-likeness (QED) is 0.480. The van der Waals surface area contributed by atoms with E-state index >= 15 is 0 Å². The standard InChI is InChI=1S/C20H17ClF3N5O3/c21-20(23,24)32-13-3-1-12(2-4-13)27-19(31)11-7-14(16-5-6-26-28-16)18(25-8-11)29-9-15(22)17(30)10-29/h1-8,15,17,30H,9-10H2,(H,26,28)(H,27,31)/t15-,17-/m0/s1. The number of aliphatic hydroxyl groups is 1. The number of carbonyl (C=O) groups excluding carboxylic acids is 1. The number of pyridine rings is 1. The van der Waals surface area contributed by atoms with E-state index in [2.05, 4.69) is 25.2 Å². The van der Waals surface area contributed by atoms with E-state index in [0.717, 1.165) is 0 Å². The second-order valence-corrected chi connectivity index (χ2v) is 7.52. The van der Waals surface area contributed by atoms with Crippen LogP contribution in [0.1, 0.15) is 10.4 Å². The van der Waals surface area contributed by atoms with Crippen molar-refractivity contribution in [3.63, 3.8) is 0 Å². The van der Waals surface area contributed by atoms with Crippen LogP contribution in [-0.4, -0.2) is 57.1 Å². The van der Waals surface area contributed by atoms with E-state index in [1.807, 2.05) is 0 Å². The Balaban J connectivity index is 1.56. The highest BCUT2D eigenvalue weighted by atomic mass is 35.5. The second-order valence-electron chi connectivity index (χ2n) is 7.08. The summed E-state index contributed by atoms with van der Waals surface area (Å²) in [5.74, 6) is -0.283. The highest BCUT2D eigenvalue weighted by Crippen LogP contribution is 2.32. The zero-order valence-corrected chi connectivity index (χ0v) is 17.1. The lowest BCUT2D eigenvalue weighted by atomic mass is 10.1. The Hall–Kier alpha value is -3.31. The first kappa shape index (κ1) is 21.9. The van der Waals surface area contributed by atoms with Gasteiger partial charge < -0.3 is 20.1 Å². The number of amides is 1. The molecule has 1 amide bonds. The monoisotopic (exact) mass is 467 g/mol.